The Morgan fingerprint density at radius 1 is 0.750 bits per heavy atom. The first-order valence-electron chi connectivity index (χ1n) is 17.1. The van der Waals surface area contributed by atoms with E-state index in [9.17, 15) is 33.6 Å². The van der Waals surface area contributed by atoms with Gasteiger partial charge in [-0.05, 0) is 72.7 Å². The highest BCUT2D eigenvalue weighted by Crippen LogP contribution is 2.30. The summed E-state index contributed by atoms with van der Waals surface area (Å²) >= 11 is 7.53. The Kier molecular flexibility index (Phi) is 22.8. The smallest absolute Gasteiger partial charge is 0.417 e. The van der Waals surface area contributed by atoms with Gasteiger partial charge in [0.1, 0.15) is 65.9 Å². The second kappa shape index (κ2) is 27.0. The lowest BCUT2D eigenvalue weighted by molar-refractivity contribution is -0.117. The average Bonchev–Trinajstić information content (AvgIpc) is 3.91. The van der Waals surface area contributed by atoms with Crippen molar-refractivity contribution in [3.8, 4) is 29.5 Å². The Labute approximate surface area is 382 Å². The van der Waals surface area contributed by atoms with Crippen LogP contribution >= 0.6 is 46.8 Å². The molecule has 5 rings (SSSR count). The van der Waals surface area contributed by atoms with Crippen molar-refractivity contribution < 1.29 is 43.0 Å². The number of anilines is 3. The molecule has 3 heterocycles. The van der Waals surface area contributed by atoms with Gasteiger partial charge in [-0.2, -0.15) is 19.3 Å². The van der Waals surface area contributed by atoms with Gasteiger partial charge in [0.2, 0.25) is 17.7 Å². The van der Waals surface area contributed by atoms with Crippen molar-refractivity contribution in [1.82, 2.24) is 18.4 Å². The van der Waals surface area contributed by atoms with E-state index in [-0.39, 0.29) is 56.8 Å². The van der Waals surface area contributed by atoms with Gasteiger partial charge in [0.15, 0.2) is 0 Å². The van der Waals surface area contributed by atoms with Crippen LogP contribution in [0.5, 0.6) is 17.4 Å². The third-order valence-electron chi connectivity index (χ3n) is 6.67. The number of methoxy groups -OCH3 is 1. The van der Waals surface area contributed by atoms with Crippen LogP contribution in [0, 0.1) is 29.6 Å². The highest BCUT2D eigenvalue weighted by Gasteiger charge is 2.22. The number of carbonyl (C=O) groups excluding carboxylic acids is 6. The van der Waals surface area contributed by atoms with Gasteiger partial charge >= 0.3 is 12.2 Å². The van der Waals surface area contributed by atoms with Crippen molar-refractivity contribution in [3.05, 3.63) is 105 Å². The predicted octanol–water partition coefficient (Wildman–Crippen LogP) is 5.13. The molecule has 0 bridgehead atoms. The van der Waals surface area contributed by atoms with Crippen molar-refractivity contribution in [2.45, 2.75) is 35.1 Å². The predicted molar refractivity (Wildman–Crippen MR) is 244 cm³/mol. The first-order chi connectivity index (χ1) is 29.8. The Hall–Kier alpha value is -8.04. The van der Waals surface area contributed by atoms with E-state index < -0.39 is 29.6 Å². The molecule has 22 nitrogen and oxygen atoms in total. The van der Waals surface area contributed by atoms with Crippen molar-refractivity contribution in [2.75, 3.05) is 23.1 Å². The molecule has 2 aromatic carbocycles. The number of allylic oxidation sites excluding steroid dienone is 1. The van der Waals surface area contributed by atoms with Crippen LogP contribution in [0.1, 0.15) is 60.2 Å². The van der Waals surface area contributed by atoms with Gasteiger partial charge in [0.05, 0.1) is 12.8 Å². The summed E-state index contributed by atoms with van der Waals surface area (Å²) in [6.45, 7) is 6.00. The minimum absolute atomic E-state index is 0. The number of aromatic nitrogens is 3. The number of hydrogen-bond donors (Lipinski definition) is 8. The van der Waals surface area contributed by atoms with Crippen molar-refractivity contribution in [2.24, 2.45) is 17.2 Å². The second-order valence-corrected chi connectivity index (χ2v) is 14.2. The molecule has 64 heavy (non-hydrogen) atoms. The number of benzene rings is 2. The molecule has 0 radical (unpaired) electrons. The van der Waals surface area contributed by atoms with E-state index in [0.29, 0.717) is 33.5 Å². The van der Waals surface area contributed by atoms with Crippen LogP contribution in [0.25, 0.3) is 0 Å². The molecular weight excluding hydrogens is 913 g/mol. The van der Waals surface area contributed by atoms with Crippen LogP contribution in [0.4, 0.5) is 24.6 Å². The molecular formula is C38H40N12O10S4. The van der Waals surface area contributed by atoms with E-state index in [0.717, 1.165) is 34.6 Å². The number of para-hydroxylation sites is 2. The van der Waals surface area contributed by atoms with Crippen LogP contribution in [0.2, 0.25) is 0 Å². The number of nitrogens with one attached hydrogen (secondary N) is 5. The zero-order chi connectivity index (χ0) is 47.2. The number of rotatable bonds is 9. The first-order valence-corrected chi connectivity index (χ1v) is 19.8. The SMILES string of the molecule is C.CC(=O)NC(=S)C(C#N)=C(C)N.CC(=O)Nc1snc(C)c1C#N.COc1nsc(NC(=O)Oc2ccccc2)c1C(N)=O.NC(=O)c1c(NC(=O)Oc2ccccc2)s[nH]c1=O. The highest BCUT2D eigenvalue weighted by molar-refractivity contribution is 7.80. The molecule has 26 heteroatoms. The quantitative estimate of drug-likeness (QED) is 0.0539. The second-order valence-electron chi connectivity index (χ2n) is 11.5. The third-order valence-corrected chi connectivity index (χ3v) is 9.38. The van der Waals surface area contributed by atoms with E-state index in [2.05, 4.69) is 34.4 Å². The Morgan fingerprint density at radius 2 is 1.25 bits per heavy atom. The van der Waals surface area contributed by atoms with E-state index >= 15 is 0 Å². The molecule has 0 saturated heterocycles. The molecule has 0 atom stereocenters. The minimum atomic E-state index is -0.919. The Bertz CT molecular complexity index is 2620. The Balaban J connectivity index is 0.000000436. The fourth-order valence-corrected chi connectivity index (χ4v) is 6.66. The summed E-state index contributed by atoms with van der Waals surface area (Å²) < 4.78 is 25.0. The molecule has 11 N–H and O–H groups in total. The number of carbonyl (C=O) groups is 6. The first kappa shape index (κ1) is 54.0. The molecule has 0 spiro atoms. The van der Waals surface area contributed by atoms with Gasteiger partial charge in [-0.25, -0.2) is 9.59 Å². The van der Waals surface area contributed by atoms with Crippen LogP contribution in [0.3, 0.4) is 0 Å². The van der Waals surface area contributed by atoms with Gasteiger partial charge < -0.3 is 42.0 Å². The summed E-state index contributed by atoms with van der Waals surface area (Å²) in [4.78, 5) is 78.2. The van der Waals surface area contributed by atoms with Crippen molar-refractivity contribution >= 4 is 103 Å². The van der Waals surface area contributed by atoms with E-state index in [1.54, 1.807) is 80.6 Å². The number of aromatic amines is 1. The number of nitrogens with two attached hydrogens (primary N) is 3. The lowest BCUT2D eigenvalue weighted by atomic mass is 10.2. The molecule has 0 fully saturated rings. The van der Waals surface area contributed by atoms with Crippen LogP contribution < -0.4 is 58.2 Å². The van der Waals surface area contributed by atoms with Crippen LogP contribution in [-0.4, -0.2) is 61.0 Å². The van der Waals surface area contributed by atoms with Crippen LogP contribution in [-0.2, 0) is 9.59 Å². The van der Waals surface area contributed by atoms with E-state index in [1.165, 1.54) is 21.0 Å². The van der Waals surface area contributed by atoms with Gasteiger partial charge in [-0.15, -0.1) is 0 Å². The van der Waals surface area contributed by atoms with Gasteiger partial charge in [-0.3, -0.25) is 39.0 Å². The zero-order valence-corrected chi connectivity index (χ0v) is 36.8. The summed E-state index contributed by atoms with van der Waals surface area (Å²) in [6, 6.07) is 20.7. The Morgan fingerprint density at radius 3 is 1.67 bits per heavy atom. The highest BCUT2D eigenvalue weighted by atomic mass is 32.1. The number of primary amides is 2. The molecule has 6 amide bonds. The maximum atomic E-state index is 11.7. The van der Waals surface area contributed by atoms with Gasteiger partial charge in [0, 0.05) is 19.5 Å². The largest absolute Gasteiger partial charge is 0.480 e. The normalized spacial score (nSPS) is 9.80. The maximum Gasteiger partial charge on any atom is 0.417 e. The monoisotopic (exact) mass is 952 g/mol. The number of hydrogen-bond acceptors (Lipinski definition) is 19. The minimum Gasteiger partial charge on any atom is -0.480 e. The lowest BCUT2D eigenvalue weighted by Crippen LogP contribution is -2.28. The fraction of sp³-hybridized carbons (Fsp3) is 0.158. The van der Waals surface area contributed by atoms with E-state index in [4.69, 9.17) is 54.2 Å². The lowest BCUT2D eigenvalue weighted by Gasteiger charge is -2.05. The molecule has 0 aliphatic carbocycles. The molecule has 3 aromatic heterocycles. The number of nitrogens with zero attached hydrogens (tertiary/aromatic N) is 4. The number of nitriles is 2. The summed E-state index contributed by atoms with van der Waals surface area (Å²) in [7, 11) is 1.35. The van der Waals surface area contributed by atoms with Crippen LogP contribution in [0.15, 0.2) is 76.7 Å². The maximum absolute atomic E-state index is 11.7. The number of H-pyrrole nitrogens is 1. The molecule has 0 unspecified atom stereocenters. The molecule has 5 aromatic rings. The van der Waals surface area contributed by atoms with Crippen molar-refractivity contribution in [3.63, 3.8) is 0 Å². The summed E-state index contributed by atoms with van der Waals surface area (Å²) in [6.07, 6.45) is -1.56. The topological polar surface area (TPSA) is 363 Å². The standard InChI is InChI=1S/C12H11N3O4S.C11H9N3O4S.C7H7N3OS.C7H9N3OS.CH4/c1-18-10-8(9(13)16)11(20-15-10)14-12(17)19-7-5-3-2-4-6-7;12-8(15)7-9(16)14-19-10(7)13-11(17)18-6-4-2-1-3-5-6;1-4-6(3-8)7(12-10-4)9-5(2)11;1-4(9)6(3-8)7(12)10-5(2)11;/h2-6H,1H3,(H2,13,16)(H,14,17);1-5H,(H2,12,15)(H,13,17)(H,14,16);1-2H3,(H,9,11);9H2,1-2H3,(H,10,11,12);1H4. The molecule has 0 aliphatic heterocycles. The summed E-state index contributed by atoms with van der Waals surface area (Å²) in [5.74, 6) is -1.38. The van der Waals surface area contributed by atoms with E-state index in [1.807, 2.05) is 6.07 Å². The summed E-state index contributed by atoms with van der Waals surface area (Å²) in [5.41, 5.74) is 16.2. The fourth-order valence-electron chi connectivity index (χ4n) is 4.05. The summed E-state index contributed by atoms with van der Waals surface area (Å²) in [5, 5.41) is 27.5. The average molecular weight is 953 g/mol. The van der Waals surface area contributed by atoms with Crippen molar-refractivity contribution in [1.29, 1.82) is 10.5 Å². The number of ether oxygens (including phenoxy) is 3. The number of amides is 6. The zero-order valence-electron chi connectivity index (χ0n) is 33.5. The number of thiocarbonyl (C=S) groups is 1. The van der Waals surface area contributed by atoms with Gasteiger partial charge in [0.25, 0.3) is 17.4 Å². The van der Waals surface area contributed by atoms with Gasteiger partial charge in [-0.1, -0.05) is 56.0 Å². The molecule has 0 aliphatic rings. The molecule has 336 valence electrons. The number of aryl methyl sites for hydroxylation is 1. The molecule has 0 saturated carbocycles. The third kappa shape index (κ3) is 17.5.